The Balaban J connectivity index is 0.00000352. The zero-order chi connectivity index (χ0) is 43.5. The number of fused-ring (bicyclic) bond motifs is 1. The summed E-state index contributed by atoms with van der Waals surface area (Å²) >= 11 is 0. The summed E-state index contributed by atoms with van der Waals surface area (Å²) in [6.07, 6.45) is 0. The van der Waals surface area contributed by atoms with E-state index in [-0.39, 0.29) is 145 Å². The largest absolute Gasteiger partial charge is 1.00 e. The summed E-state index contributed by atoms with van der Waals surface area (Å²) < 4.78 is 48.5. The molecule has 0 atom stereocenters. The topological polar surface area (TPSA) is 340 Å². The summed E-state index contributed by atoms with van der Waals surface area (Å²) in [7, 11) is -2.72. The van der Waals surface area contributed by atoms with Gasteiger partial charge >= 0.3 is 101 Å². The number of hydrogen-bond donors (Lipinski definition) is 3. The summed E-state index contributed by atoms with van der Waals surface area (Å²) in [5.74, 6) is -4.34. The minimum Gasteiger partial charge on any atom is -0.872 e. The van der Waals surface area contributed by atoms with E-state index >= 15 is 0 Å². The number of azo groups is 3. The number of anilines is 1. The molecule has 63 heavy (non-hydrogen) atoms. The zero-order valence-electron chi connectivity index (χ0n) is 33.7. The number of carboxylic acid groups (broad SMARTS) is 2. The predicted molar refractivity (Wildman–Crippen MR) is 206 cm³/mol. The fourth-order valence-electron chi connectivity index (χ4n) is 5.65. The van der Waals surface area contributed by atoms with Gasteiger partial charge in [0.25, 0.3) is 5.69 Å². The van der Waals surface area contributed by atoms with Crippen LogP contribution in [0.25, 0.3) is 21.9 Å². The van der Waals surface area contributed by atoms with E-state index in [2.05, 4.69) is 30.7 Å². The standard InChI is InChI=1S/C38H28N8O13S.3Na/c1-58-31-13-18(3-9-28(31)42-40-20-5-12-30(47)25(15-20)38(51)52)19-4-10-29(32(14-19)59-2)43-45-35-33(60(55,56)57)17-23-22(36(35)48)7-8-26(39)34(23)44-41-27-11-6-21(46(53)54)16-24(27)37(49)50;;;/h3-17,47-48H,39H2,1-2H3,(H,49,50)(H,51,52)(H,55,56,57);;;/q;3*+1/p-3. The minimum atomic E-state index is -5.43. The Morgan fingerprint density at radius 3 is 1.73 bits per heavy atom. The second-order valence-electron chi connectivity index (χ2n) is 12.2. The smallest absolute Gasteiger partial charge is 0.872 e. The van der Waals surface area contributed by atoms with E-state index in [4.69, 9.17) is 15.2 Å². The van der Waals surface area contributed by atoms with Crippen LogP contribution in [0.2, 0.25) is 0 Å². The van der Waals surface area contributed by atoms with Crippen molar-refractivity contribution in [2.45, 2.75) is 4.90 Å². The number of nitrogens with zero attached hydrogens (tertiary/aromatic N) is 7. The van der Waals surface area contributed by atoms with Gasteiger partial charge in [-0.15, -0.1) is 25.6 Å². The second kappa shape index (κ2) is 21.8. The summed E-state index contributed by atoms with van der Waals surface area (Å²) in [6.45, 7) is 0. The predicted octanol–water partition coefficient (Wildman–Crippen LogP) is -1.28. The summed E-state index contributed by atoms with van der Waals surface area (Å²) in [5, 5.41) is 78.8. The van der Waals surface area contributed by atoms with Gasteiger partial charge in [0.15, 0.2) is 0 Å². The Bertz CT molecular complexity index is 2990. The third-order valence-corrected chi connectivity index (χ3v) is 9.43. The number of non-ortho nitro benzene ring substituents is 1. The molecular weight excluding hydrogens is 877 g/mol. The number of nitrogen functional groups attached to an aromatic ring is 1. The van der Waals surface area contributed by atoms with Crippen LogP contribution < -0.4 is 114 Å². The molecule has 6 aromatic rings. The molecular formula is C38H25N8Na3O13S. The number of nitrogens with two attached hydrogens (primary N) is 1. The van der Waals surface area contributed by atoms with Gasteiger partial charge in [-0.05, 0) is 71.1 Å². The molecule has 4 N–H and O–H groups in total. The molecule has 25 heteroatoms. The monoisotopic (exact) mass is 902 g/mol. The van der Waals surface area contributed by atoms with Crippen LogP contribution in [0.4, 0.5) is 45.5 Å². The van der Waals surface area contributed by atoms with E-state index < -0.39 is 65.9 Å². The minimum absolute atomic E-state index is 0. The van der Waals surface area contributed by atoms with Crippen molar-refractivity contribution in [3.05, 3.63) is 112 Å². The SMILES string of the molecule is COc1cc(-c2ccc(N=Nc3c(S(=O)(=O)[O-])cc4c(N=Nc5ccc([N+](=O)[O-])cc5C(=O)O)c(N)ccc4c3[O-])c(OC)c2)ccc1N=Nc1ccc([O-])c(C(=O)O)c1.[Na+].[Na+].[Na+]. The van der Waals surface area contributed by atoms with Crippen LogP contribution in [-0.4, -0.2) is 54.3 Å². The molecule has 0 spiro atoms. The van der Waals surface area contributed by atoms with E-state index in [1.165, 1.54) is 38.5 Å². The number of methoxy groups -OCH3 is 2. The molecule has 6 rings (SSSR count). The number of nitro benzene ring substituents is 1. The Morgan fingerprint density at radius 2 is 1.19 bits per heavy atom. The molecule has 0 heterocycles. The Kier molecular flexibility index (Phi) is 18.0. The number of hydrogen-bond acceptors (Lipinski definition) is 18. The number of aromatic carboxylic acids is 2. The van der Waals surface area contributed by atoms with Crippen molar-refractivity contribution in [1.82, 2.24) is 0 Å². The Labute approximate surface area is 422 Å². The van der Waals surface area contributed by atoms with Crippen molar-refractivity contribution in [3.8, 4) is 34.1 Å². The molecule has 0 saturated heterocycles. The molecule has 0 radical (unpaired) electrons. The number of carbonyl (C=O) groups is 2. The summed E-state index contributed by atoms with van der Waals surface area (Å²) in [4.78, 5) is 32.4. The fourth-order valence-corrected chi connectivity index (χ4v) is 6.28. The number of carboxylic acids is 2. The van der Waals surface area contributed by atoms with Gasteiger partial charge in [-0.25, -0.2) is 18.0 Å². The first-order valence-electron chi connectivity index (χ1n) is 16.7. The molecule has 6 aromatic carbocycles. The van der Waals surface area contributed by atoms with Gasteiger partial charge in [0.2, 0.25) is 0 Å². The third kappa shape index (κ3) is 11.6. The molecule has 0 fully saturated rings. The first kappa shape index (κ1) is 52.0. The maximum absolute atomic E-state index is 13.8. The molecule has 0 saturated carbocycles. The first-order valence-corrected chi connectivity index (χ1v) is 18.1. The van der Waals surface area contributed by atoms with Gasteiger partial charge in [0.1, 0.15) is 44.4 Å². The van der Waals surface area contributed by atoms with E-state index in [9.17, 15) is 53.1 Å². The average molecular weight is 903 g/mol. The summed E-state index contributed by atoms with van der Waals surface area (Å²) in [6, 6.07) is 18.9. The molecule has 0 aliphatic carbocycles. The maximum atomic E-state index is 13.8. The van der Waals surface area contributed by atoms with Crippen LogP contribution in [0.15, 0.2) is 127 Å². The maximum Gasteiger partial charge on any atom is 1.00 e. The van der Waals surface area contributed by atoms with Crippen LogP contribution >= 0.6 is 0 Å². The Morgan fingerprint density at radius 1 is 0.651 bits per heavy atom. The average Bonchev–Trinajstić information content (AvgIpc) is 3.21. The van der Waals surface area contributed by atoms with E-state index in [0.29, 0.717) is 11.1 Å². The number of nitro groups is 1. The van der Waals surface area contributed by atoms with E-state index in [0.717, 1.165) is 36.4 Å². The third-order valence-electron chi connectivity index (χ3n) is 8.58. The van der Waals surface area contributed by atoms with Crippen LogP contribution in [0.5, 0.6) is 23.0 Å². The quantitative estimate of drug-likeness (QED) is 0.0304. The van der Waals surface area contributed by atoms with Gasteiger partial charge < -0.3 is 40.2 Å². The normalized spacial score (nSPS) is 11.2. The van der Waals surface area contributed by atoms with Crippen LogP contribution in [0, 0.1) is 10.1 Å². The Hall–Kier alpha value is -5.37. The van der Waals surface area contributed by atoms with Crippen molar-refractivity contribution in [2.75, 3.05) is 20.0 Å². The van der Waals surface area contributed by atoms with Crippen LogP contribution in [0.1, 0.15) is 20.7 Å². The van der Waals surface area contributed by atoms with E-state index in [1.807, 2.05) is 0 Å². The van der Waals surface area contributed by atoms with Gasteiger partial charge in [-0.1, -0.05) is 35.8 Å². The molecule has 304 valence electrons. The van der Waals surface area contributed by atoms with Crippen LogP contribution in [0.3, 0.4) is 0 Å². The van der Waals surface area contributed by atoms with Gasteiger partial charge in [0, 0.05) is 17.5 Å². The van der Waals surface area contributed by atoms with Crippen molar-refractivity contribution in [2.24, 2.45) is 30.7 Å². The molecule has 0 bridgehead atoms. The van der Waals surface area contributed by atoms with Gasteiger partial charge in [-0.2, -0.15) is 5.11 Å². The molecule has 0 aromatic heterocycles. The summed E-state index contributed by atoms with van der Waals surface area (Å²) in [5.41, 5.74) is 4.38. The molecule has 0 aliphatic rings. The van der Waals surface area contributed by atoms with Crippen LogP contribution in [-0.2, 0) is 10.1 Å². The number of rotatable bonds is 13. The number of ether oxygens (including phenoxy) is 2. The fraction of sp³-hybridized carbons (Fsp3) is 0.0526. The van der Waals surface area contributed by atoms with Gasteiger partial charge in [0.05, 0.1) is 52.2 Å². The molecule has 0 unspecified atom stereocenters. The molecule has 21 nitrogen and oxygen atoms in total. The molecule has 0 aliphatic heterocycles. The molecule has 0 amide bonds. The zero-order valence-corrected chi connectivity index (χ0v) is 40.5. The van der Waals surface area contributed by atoms with Crippen molar-refractivity contribution in [1.29, 1.82) is 0 Å². The van der Waals surface area contributed by atoms with Crippen molar-refractivity contribution < 1.29 is 146 Å². The first-order chi connectivity index (χ1) is 28.5. The van der Waals surface area contributed by atoms with E-state index in [1.54, 1.807) is 30.3 Å². The number of benzene rings is 6. The second-order valence-corrected chi connectivity index (χ2v) is 13.6. The van der Waals surface area contributed by atoms with Crippen molar-refractivity contribution in [3.63, 3.8) is 0 Å². The van der Waals surface area contributed by atoms with Gasteiger partial charge in [-0.3, -0.25) is 10.1 Å². The van der Waals surface area contributed by atoms with Crippen molar-refractivity contribution >= 4 is 78.3 Å².